The van der Waals surface area contributed by atoms with Gasteiger partial charge in [-0.05, 0) is 27.7 Å². The van der Waals surface area contributed by atoms with Gasteiger partial charge in [0.05, 0.1) is 0 Å². The van der Waals surface area contributed by atoms with E-state index in [9.17, 15) is 4.79 Å². The van der Waals surface area contributed by atoms with E-state index in [-0.39, 0.29) is 11.6 Å². The highest BCUT2D eigenvalue weighted by atomic mass is 16.1. The minimum absolute atomic E-state index is 0.0698. The molecule has 0 spiro atoms. The Hall–Kier alpha value is -1.58. The molecule has 0 bridgehead atoms. The quantitative estimate of drug-likeness (QED) is 0.793. The van der Waals surface area contributed by atoms with Gasteiger partial charge < -0.3 is 9.88 Å². The minimum Gasteiger partial charge on any atom is -0.362 e. The molecule has 0 fully saturated rings. The molecule has 0 saturated carbocycles. The van der Waals surface area contributed by atoms with Crippen molar-refractivity contribution in [3.63, 3.8) is 0 Å². The molecule has 0 saturated heterocycles. The number of nitrogens with one attached hydrogen (secondary N) is 1. The topological polar surface area (TPSA) is 46.9 Å². The highest BCUT2D eigenvalue weighted by Crippen LogP contribution is 2.01. The SMILES string of the molecule is CC(C)=CCNc1nccn(C(C)C)c1=O. The summed E-state index contributed by atoms with van der Waals surface area (Å²) in [5.74, 6) is 0.411. The monoisotopic (exact) mass is 221 g/mol. The van der Waals surface area contributed by atoms with Gasteiger partial charge in [-0.1, -0.05) is 11.6 Å². The van der Waals surface area contributed by atoms with E-state index in [4.69, 9.17) is 0 Å². The standard InChI is InChI=1S/C12H19N3O/c1-9(2)5-6-13-11-12(16)15(10(3)4)8-7-14-11/h5,7-8,10H,6H2,1-4H3,(H,13,14). The Morgan fingerprint density at radius 2 is 2.25 bits per heavy atom. The fraction of sp³-hybridized carbons (Fsp3) is 0.500. The molecular formula is C12H19N3O. The number of hydrogen-bond acceptors (Lipinski definition) is 3. The Bertz CT molecular complexity index is 428. The van der Waals surface area contributed by atoms with Gasteiger partial charge in [-0.3, -0.25) is 4.79 Å². The third kappa shape index (κ3) is 3.22. The van der Waals surface area contributed by atoms with Crippen molar-refractivity contribution in [3.05, 3.63) is 34.4 Å². The average molecular weight is 221 g/mol. The van der Waals surface area contributed by atoms with Gasteiger partial charge in [-0.2, -0.15) is 0 Å². The Kier molecular flexibility index (Phi) is 4.28. The van der Waals surface area contributed by atoms with Gasteiger partial charge in [-0.25, -0.2) is 4.98 Å². The van der Waals surface area contributed by atoms with E-state index < -0.39 is 0 Å². The summed E-state index contributed by atoms with van der Waals surface area (Å²) >= 11 is 0. The molecule has 0 aliphatic heterocycles. The molecule has 0 aromatic carbocycles. The van der Waals surface area contributed by atoms with Gasteiger partial charge >= 0.3 is 0 Å². The lowest BCUT2D eigenvalue weighted by Crippen LogP contribution is -2.25. The summed E-state index contributed by atoms with van der Waals surface area (Å²) in [7, 11) is 0. The van der Waals surface area contributed by atoms with Crippen LogP contribution in [-0.4, -0.2) is 16.1 Å². The van der Waals surface area contributed by atoms with Gasteiger partial charge in [0.25, 0.3) is 5.56 Å². The normalized spacial score (nSPS) is 10.3. The molecule has 4 nitrogen and oxygen atoms in total. The maximum Gasteiger partial charge on any atom is 0.293 e. The van der Waals surface area contributed by atoms with Crippen LogP contribution in [0.25, 0.3) is 0 Å². The second-order valence-electron chi connectivity index (χ2n) is 4.24. The molecule has 16 heavy (non-hydrogen) atoms. The van der Waals surface area contributed by atoms with E-state index in [1.54, 1.807) is 17.0 Å². The molecule has 88 valence electrons. The van der Waals surface area contributed by atoms with Crippen molar-refractivity contribution < 1.29 is 0 Å². The fourth-order valence-electron chi connectivity index (χ4n) is 1.30. The third-order valence-corrected chi connectivity index (χ3v) is 2.20. The van der Waals surface area contributed by atoms with Crippen molar-refractivity contribution in [2.45, 2.75) is 33.7 Å². The molecule has 1 N–H and O–H groups in total. The minimum atomic E-state index is -0.0698. The van der Waals surface area contributed by atoms with Crippen LogP contribution in [0.15, 0.2) is 28.8 Å². The molecule has 4 heteroatoms. The predicted molar refractivity (Wildman–Crippen MR) is 66.8 cm³/mol. The molecule has 1 aromatic heterocycles. The zero-order valence-electron chi connectivity index (χ0n) is 10.3. The van der Waals surface area contributed by atoms with Crippen molar-refractivity contribution in [3.8, 4) is 0 Å². The van der Waals surface area contributed by atoms with E-state index in [0.29, 0.717) is 12.4 Å². The summed E-state index contributed by atoms with van der Waals surface area (Å²) in [6.45, 7) is 8.62. The molecule has 0 unspecified atom stereocenters. The predicted octanol–water partition coefficient (Wildman–Crippen LogP) is 2.20. The molecule has 1 aromatic rings. The second kappa shape index (κ2) is 5.49. The van der Waals surface area contributed by atoms with Gasteiger partial charge in [0.2, 0.25) is 0 Å². The smallest absolute Gasteiger partial charge is 0.293 e. The van der Waals surface area contributed by atoms with Crippen molar-refractivity contribution in [1.29, 1.82) is 0 Å². The summed E-state index contributed by atoms with van der Waals surface area (Å²) in [6.07, 6.45) is 5.37. The first-order valence-electron chi connectivity index (χ1n) is 5.46. The Morgan fingerprint density at radius 3 is 2.81 bits per heavy atom. The molecule has 0 radical (unpaired) electrons. The average Bonchev–Trinajstić information content (AvgIpc) is 2.19. The summed E-state index contributed by atoms with van der Waals surface area (Å²) in [5.41, 5.74) is 1.15. The number of anilines is 1. The van der Waals surface area contributed by atoms with Crippen LogP contribution in [0.5, 0.6) is 0 Å². The maximum atomic E-state index is 11.9. The number of hydrogen-bond donors (Lipinski definition) is 1. The van der Waals surface area contributed by atoms with E-state index >= 15 is 0 Å². The van der Waals surface area contributed by atoms with Gasteiger partial charge in [0.1, 0.15) is 0 Å². The number of aromatic nitrogens is 2. The third-order valence-electron chi connectivity index (χ3n) is 2.20. The van der Waals surface area contributed by atoms with Crippen LogP contribution in [0.3, 0.4) is 0 Å². The van der Waals surface area contributed by atoms with Crippen LogP contribution in [0, 0.1) is 0 Å². The van der Waals surface area contributed by atoms with E-state index in [2.05, 4.69) is 10.3 Å². The number of allylic oxidation sites excluding steroid dienone is 1. The molecule has 0 aliphatic rings. The number of nitrogens with zero attached hydrogens (tertiary/aromatic N) is 2. The zero-order valence-corrected chi connectivity index (χ0v) is 10.3. The lowest BCUT2D eigenvalue weighted by Gasteiger charge is -2.10. The van der Waals surface area contributed by atoms with Crippen molar-refractivity contribution in [1.82, 2.24) is 9.55 Å². The molecule has 1 heterocycles. The van der Waals surface area contributed by atoms with Crippen molar-refractivity contribution in [2.75, 3.05) is 11.9 Å². The summed E-state index contributed by atoms with van der Waals surface area (Å²) in [4.78, 5) is 15.9. The lowest BCUT2D eigenvalue weighted by atomic mass is 10.3. The summed E-state index contributed by atoms with van der Waals surface area (Å²) in [6, 6.07) is 0.152. The summed E-state index contributed by atoms with van der Waals surface area (Å²) in [5, 5.41) is 3.02. The Balaban J connectivity index is 2.86. The van der Waals surface area contributed by atoms with Crippen LogP contribution in [0.1, 0.15) is 33.7 Å². The molecule has 0 amide bonds. The van der Waals surface area contributed by atoms with Crippen molar-refractivity contribution >= 4 is 5.82 Å². The lowest BCUT2D eigenvalue weighted by molar-refractivity contribution is 0.575. The largest absolute Gasteiger partial charge is 0.362 e. The van der Waals surface area contributed by atoms with E-state index in [0.717, 1.165) is 0 Å². The molecular weight excluding hydrogens is 202 g/mol. The highest BCUT2D eigenvalue weighted by Gasteiger charge is 2.05. The van der Waals surface area contributed by atoms with Gasteiger partial charge in [0, 0.05) is 25.0 Å². The van der Waals surface area contributed by atoms with Gasteiger partial charge in [0.15, 0.2) is 5.82 Å². The van der Waals surface area contributed by atoms with Crippen LogP contribution in [-0.2, 0) is 0 Å². The van der Waals surface area contributed by atoms with Crippen LogP contribution in [0.2, 0.25) is 0 Å². The maximum absolute atomic E-state index is 11.9. The Morgan fingerprint density at radius 1 is 1.56 bits per heavy atom. The zero-order chi connectivity index (χ0) is 12.1. The fourth-order valence-corrected chi connectivity index (χ4v) is 1.30. The van der Waals surface area contributed by atoms with Crippen molar-refractivity contribution in [2.24, 2.45) is 0 Å². The second-order valence-corrected chi connectivity index (χ2v) is 4.24. The van der Waals surface area contributed by atoms with Crippen LogP contribution >= 0.6 is 0 Å². The highest BCUT2D eigenvalue weighted by molar-refractivity contribution is 5.32. The Labute approximate surface area is 96.0 Å². The first-order valence-corrected chi connectivity index (χ1v) is 5.46. The van der Waals surface area contributed by atoms with E-state index in [1.807, 2.05) is 33.8 Å². The van der Waals surface area contributed by atoms with E-state index in [1.165, 1.54) is 5.57 Å². The van der Waals surface area contributed by atoms with Crippen LogP contribution in [0.4, 0.5) is 5.82 Å². The first-order chi connectivity index (χ1) is 7.52. The van der Waals surface area contributed by atoms with Gasteiger partial charge in [-0.15, -0.1) is 0 Å². The first kappa shape index (κ1) is 12.5. The molecule has 1 rings (SSSR count). The molecule has 0 aliphatic carbocycles. The summed E-state index contributed by atoms with van der Waals surface area (Å²) < 4.78 is 1.66. The number of rotatable bonds is 4. The molecule has 0 atom stereocenters. The van der Waals surface area contributed by atoms with Crippen LogP contribution < -0.4 is 10.9 Å².